The number of Topliss-reactive ketones (excluding diaryl/α,β-unsaturated/α-hetero) is 1. The van der Waals surface area contributed by atoms with Crippen molar-refractivity contribution in [2.45, 2.75) is 52.4 Å². The Morgan fingerprint density at radius 3 is 2.56 bits per heavy atom. The van der Waals surface area contributed by atoms with Gasteiger partial charge in [-0.15, -0.1) is 0 Å². The van der Waals surface area contributed by atoms with Gasteiger partial charge in [-0.3, -0.25) is 14.4 Å². The van der Waals surface area contributed by atoms with Crippen LogP contribution in [0.15, 0.2) is 24.0 Å². The Morgan fingerprint density at radius 2 is 1.85 bits per heavy atom. The molecule has 1 aromatic carbocycles. The van der Waals surface area contributed by atoms with E-state index in [0.29, 0.717) is 23.7 Å². The highest BCUT2D eigenvalue weighted by Gasteiger charge is 2.56. The number of hydrogen-bond acceptors (Lipinski definition) is 5. The summed E-state index contributed by atoms with van der Waals surface area (Å²) in [6.45, 7) is 4.85. The van der Waals surface area contributed by atoms with Crippen molar-refractivity contribution in [1.29, 1.82) is 0 Å². The number of rotatable bonds is 2. The Hall–Kier alpha value is -2.43. The Morgan fingerprint density at radius 1 is 1.11 bits per heavy atom. The summed E-state index contributed by atoms with van der Waals surface area (Å²) in [5.41, 5.74) is 1.77. The van der Waals surface area contributed by atoms with E-state index in [-0.39, 0.29) is 35.1 Å². The maximum absolute atomic E-state index is 12.6. The molecule has 0 N–H and O–H groups in total. The first kappa shape index (κ1) is 18.0. The summed E-state index contributed by atoms with van der Waals surface area (Å²) in [6.07, 6.45) is 5.07. The second-order valence-electron chi connectivity index (χ2n) is 8.18. The van der Waals surface area contributed by atoms with E-state index in [1.807, 2.05) is 24.3 Å². The second kappa shape index (κ2) is 6.32. The SMILES string of the molecule is CC(=O)OC1=Cc2cc(OC(C)=O)ccc2C2CC[C@]3(C)C(=O)CCC3C12. The zero-order valence-electron chi connectivity index (χ0n) is 15.9. The number of hydrogen-bond donors (Lipinski definition) is 0. The third kappa shape index (κ3) is 2.89. The Balaban J connectivity index is 1.79. The lowest BCUT2D eigenvalue weighted by molar-refractivity contribution is -0.139. The number of ketones is 1. The molecule has 0 bridgehead atoms. The molecule has 2 saturated carbocycles. The van der Waals surface area contributed by atoms with Crippen LogP contribution in [-0.2, 0) is 19.1 Å². The first-order chi connectivity index (χ1) is 12.8. The molecule has 1 aromatic rings. The molecule has 27 heavy (non-hydrogen) atoms. The van der Waals surface area contributed by atoms with Gasteiger partial charge in [0.25, 0.3) is 0 Å². The van der Waals surface area contributed by atoms with Crippen molar-refractivity contribution in [2.75, 3.05) is 0 Å². The van der Waals surface area contributed by atoms with E-state index < -0.39 is 0 Å². The molecule has 3 aliphatic carbocycles. The largest absolute Gasteiger partial charge is 0.431 e. The number of fused-ring (bicyclic) bond motifs is 5. The summed E-state index contributed by atoms with van der Waals surface area (Å²) in [6, 6.07) is 5.64. The van der Waals surface area contributed by atoms with E-state index in [0.717, 1.165) is 24.8 Å². The fourth-order valence-corrected chi connectivity index (χ4v) is 5.42. The smallest absolute Gasteiger partial charge is 0.308 e. The number of benzene rings is 1. The fourth-order valence-electron chi connectivity index (χ4n) is 5.42. The van der Waals surface area contributed by atoms with Crippen LogP contribution in [0.4, 0.5) is 0 Å². The summed E-state index contributed by atoms with van der Waals surface area (Å²) in [7, 11) is 0. The van der Waals surface area contributed by atoms with Crippen LogP contribution in [0.5, 0.6) is 5.75 Å². The minimum absolute atomic E-state index is 0.0335. The van der Waals surface area contributed by atoms with Crippen LogP contribution in [0.3, 0.4) is 0 Å². The first-order valence-corrected chi connectivity index (χ1v) is 9.55. The lowest BCUT2D eigenvalue weighted by Gasteiger charge is -2.47. The topological polar surface area (TPSA) is 69.7 Å². The predicted octanol–water partition coefficient (Wildman–Crippen LogP) is 4.01. The average Bonchev–Trinajstić information content (AvgIpc) is 2.88. The monoisotopic (exact) mass is 368 g/mol. The summed E-state index contributed by atoms with van der Waals surface area (Å²) < 4.78 is 10.8. The molecule has 3 aliphatic rings. The molecule has 0 heterocycles. The van der Waals surface area contributed by atoms with E-state index in [1.54, 1.807) is 0 Å². The molecule has 0 saturated heterocycles. The van der Waals surface area contributed by atoms with Crippen LogP contribution in [0, 0.1) is 17.3 Å². The van der Waals surface area contributed by atoms with Gasteiger partial charge in [-0.2, -0.15) is 0 Å². The first-order valence-electron chi connectivity index (χ1n) is 9.55. The van der Waals surface area contributed by atoms with Crippen LogP contribution in [-0.4, -0.2) is 17.7 Å². The molecule has 5 nitrogen and oxygen atoms in total. The lowest BCUT2D eigenvalue weighted by atomic mass is 9.56. The van der Waals surface area contributed by atoms with E-state index in [9.17, 15) is 14.4 Å². The van der Waals surface area contributed by atoms with E-state index in [1.165, 1.54) is 19.4 Å². The van der Waals surface area contributed by atoms with Gasteiger partial charge < -0.3 is 9.47 Å². The van der Waals surface area contributed by atoms with E-state index in [2.05, 4.69) is 6.92 Å². The van der Waals surface area contributed by atoms with Gasteiger partial charge >= 0.3 is 11.9 Å². The van der Waals surface area contributed by atoms with Gasteiger partial charge in [0.1, 0.15) is 17.3 Å². The molecule has 142 valence electrons. The van der Waals surface area contributed by atoms with Gasteiger partial charge in [-0.25, -0.2) is 0 Å². The molecule has 2 fully saturated rings. The van der Waals surface area contributed by atoms with Gasteiger partial charge in [0, 0.05) is 31.6 Å². The van der Waals surface area contributed by atoms with Gasteiger partial charge in [0.2, 0.25) is 0 Å². The standard InChI is InChI=1S/C22H24O5/c1-12(23)26-15-4-5-16-14(10-15)11-19(27-13(2)24)21-17(16)8-9-22(3)18(21)6-7-20(22)25/h4-5,10-11,17-18,21H,6-9H2,1-3H3/t17?,18?,21?,22-/m0/s1. The van der Waals surface area contributed by atoms with Crippen LogP contribution >= 0.6 is 0 Å². The zero-order valence-corrected chi connectivity index (χ0v) is 15.9. The van der Waals surface area contributed by atoms with Gasteiger partial charge in [0.15, 0.2) is 0 Å². The molecular weight excluding hydrogens is 344 g/mol. The summed E-state index contributed by atoms with van der Waals surface area (Å²) in [5, 5.41) is 0. The minimum Gasteiger partial charge on any atom is -0.431 e. The van der Waals surface area contributed by atoms with Crippen molar-refractivity contribution in [3.8, 4) is 5.75 Å². The van der Waals surface area contributed by atoms with Crippen molar-refractivity contribution < 1.29 is 23.9 Å². The number of carbonyl (C=O) groups is 3. The molecule has 0 aromatic heterocycles. The van der Waals surface area contributed by atoms with Crippen molar-refractivity contribution in [2.24, 2.45) is 17.3 Å². The molecular formula is C22H24O5. The van der Waals surface area contributed by atoms with Crippen molar-refractivity contribution in [1.82, 2.24) is 0 Å². The van der Waals surface area contributed by atoms with Gasteiger partial charge in [0.05, 0.1) is 0 Å². The highest BCUT2D eigenvalue weighted by atomic mass is 16.5. The van der Waals surface area contributed by atoms with Gasteiger partial charge in [-0.1, -0.05) is 13.0 Å². The van der Waals surface area contributed by atoms with Crippen LogP contribution in [0.2, 0.25) is 0 Å². The Labute approximate surface area is 158 Å². The fraction of sp³-hybridized carbons (Fsp3) is 0.500. The molecule has 0 radical (unpaired) electrons. The molecule has 0 spiro atoms. The van der Waals surface area contributed by atoms with E-state index in [4.69, 9.17) is 9.47 Å². The summed E-state index contributed by atoms with van der Waals surface area (Å²) in [4.78, 5) is 35.6. The summed E-state index contributed by atoms with van der Waals surface area (Å²) >= 11 is 0. The highest BCUT2D eigenvalue weighted by Crippen LogP contribution is 2.60. The van der Waals surface area contributed by atoms with Crippen molar-refractivity contribution in [3.63, 3.8) is 0 Å². The maximum Gasteiger partial charge on any atom is 0.308 e. The van der Waals surface area contributed by atoms with E-state index >= 15 is 0 Å². The Kier molecular flexibility index (Phi) is 4.21. The van der Waals surface area contributed by atoms with Crippen molar-refractivity contribution >= 4 is 23.8 Å². The Bertz CT molecular complexity index is 867. The lowest BCUT2D eigenvalue weighted by Crippen LogP contribution is -2.43. The number of allylic oxidation sites excluding steroid dienone is 1. The molecule has 0 aliphatic heterocycles. The van der Waals surface area contributed by atoms with Crippen LogP contribution in [0.25, 0.3) is 6.08 Å². The van der Waals surface area contributed by atoms with Crippen molar-refractivity contribution in [3.05, 3.63) is 35.1 Å². The minimum atomic E-state index is -0.370. The van der Waals surface area contributed by atoms with Crippen LogP contribution < -0.4 is 4.74 Å². The molecule has 5 heteroatoms. The van der Waals surface area contributed by atoms with Crippen LogP contribution in [0.1, 0.15) is 63.5 Å². The zero-order chi connectivity index (χ0) is 19.3. The molecule has 4 atom stereocenters. The normalized spacial score (nSPS) is 31.3. The third-order valence-corrected chi connectivity index (χ3v) is 6.59. The quantitative estimate of drug-likeness (QED) is 0.583. The summed E-state index contributed by atoms with van der Waals surface area (Å²) in [5.74, 6) is 1.17. The maximum atomic E-state index is 12.6. The number of ether oxygens (including phenoxy) is 2. The average molecular weight is 368 g/mol. The second-order valence-corrected chi connectivity index (χ2v) is 8.18. The number of esters is 2. The molecule has 3 unspecified atom stereocenters. The molecule has 4 rings (SSSR count). The molecule has 0 amide bonds. The number of carbonyl (C=O) groups excluding carboxylic acids is 3. The third-order valence-electron chi connectivity index (χ3n) is 6.59. The predicted molar refractivity (Wildman–Crippen MR) is 98.8 cm³/mol. The highest BCUT2D eigenvalue weighted by molar-refractivity contribution is 5.87. The van der Waals surface area contributed by atoms with Gasteiger partial charge in [-0.05, 0) is 60.4 Å².